The minimum Gasteiger partial charge on any atom is -0.464 e. The van der Waals surface area contributed by atoms with Gasteiger partial charge in [0.15, 0.2) is 0 Å². The van der Waals surface area contributed by atoms with E-state index in [-0.39, 0.29) is 6.61 Å². The maximum atomic E-state index is 8.81. The molecule has 0 aliphatic carbocycles. The number of ether oxygens (including phenoxy) is 1. The fourth-order valence-corrected chi connectivity index (χ4v) is 1.40. The van der Waals surface area contributed by atoms with Crippen molar-refractivity contribution < 1.29 is 18.7 Å². The predicted molar refractivity (Wildman–Crippen MR) is 79.3 cm³/mol. The Morgan fingerprint density at radius 2 is 1.35 bits per heavy atom. The average Bonchev–Trinajstić information content (AvgIpc) is 3.12. The van der Waals surface area contributed by atoms with Gasteiger partial charge in [-0.3, -0.25) is 0 Å². The highest BCUT2D eigenvalue weighted by molar-refractivity contribution is 5.06. The Bertz CT molecular complexity index is 443. The second-order valence-corrected chi connectivity index (χ2v) is 3.53. The Morgan fingerprint density at radius 1 is 0.850 bits per heavy atom. The van der Waals surface area contributed by atoms with Crippen molar-refractivity contribution in [2.75, 3.05) is 0 Å². The maximum absolute atomic E-state index is 8.81. The van der Waals surface area contributed by atoms with Gasteiger partial charge in [-0.25, -0.2) is 0 Å². The zero-order valence-corrected chi connectivity index (χ0v) is 13.1. The van der Waals surface area contributed by atoms with Crippen molar-refractivity contribution in [3.05, 3.63) is 47.3 Å². The Balaban J connectivity index is 0.000000829. The summed E-state index contributed by atoms with van der Waals surface area (Å²) in [7, 11) is 0. The summed E-state index contributed by atoms with van der Waals surface area (Å²) in [5.74, 6) is 2.92. The van der Waals surface area contributed by atoms with E-state index in [4.69, 9.17) is 18.7 Å². The Labute approximate surface area is 121 Å². The number of rotatable bonds is 5. The first-order chi connectivity index (χ1) is 9.78. The van der Waals surface area contributed by atoms with Crippen LogP contribution in [0.2, 0.25) is 0 Å². The highest BCUT2D eigenvalue weighted by Crippen LogP contribution is 2.11. The molecule has 0 fully saturated rings. The number of aryl methyl sites for hydroxylation is 1. The standard InChI is InChI=1S/C12H14O4.2C2H6/c1-9-2-3-11(15-9)7-14-8-12-5-4-10(6-13)16-12;2*1-2/h2-5,13H,6-8H2,1H3;2*1-2H3. The molecule has 2 aromatic rings. The van der Waals surface area contributed by atoms with Gasteiger partial charge in [-0.2, -0.15) is 0 Å². The van der Waals surface area contributed by atoms with E-state index in [0.29, 0.717) is 24.7 Å². The molecule has 20 heavy (non-hydrogen) atoms. The van der Waals surface area contributed by atoms with Crippen LogP contribution in [0.4, 0.5) is 0 Å². The van der Waals surface area contributed by atoms with Gasteiger partial charge in [-0.05, 0) is 31.2 Å². The van der Waals surface area contributed by atoms with E-state index in [1.54, 1.807) is 12.1 Å². The summed E-state index contributed by atoms with van der Waals surface area (Å²) >= 11 is 0. The molecule has 2 aromatic heterocycles. The van der Waals surface area contributed by atoms with Crippen LogP contribution < -0.4 is 0 Å². The van der Waals surface area contributed by atoms with Crippen LogP contribution in [-0.4, -0.2) is 5.11 Å². The molecule has 0 aliphatic rings. The molecule has 114 valence electrons. The lowest BCUT2D eigenvalue weighted by molar-refractivity contribution is 0.0778. The van der Waals surface area contributed by atoms with Gasteiger partial charge in [-0.1, -0.05) is 27.7 Å². The topological polar surface area (TPSA) is 55.7 Å². The highest BCUT2D eigenvalue weighted by atomic mass is 16.5. The van der Waals surface area contributed by atoms with E-state index in [1.165, 1.54) is 0 Å². The molecule has 0 radical (unpaired) electrons. The molecule has 0 bridgehead atoms. The second kappa shape index (κ2) is 11.3. The third-order valence-corrected chi connectivity index (χ3v) is 2.16. The van der Waals surface area contributed by atoms with Crippen LogP contribution in [0.3, 0.4) is 0 Å². The van der Waals surface area contributed by atoms with Crippen molar-refractivity contribution in [2.45, 2.75) is 54.4 Å². The molecule has 0 unspecified atom stereocenters. The number of aliphatic hydroxyl groups excluding tert-OH is 1. The smallest absolute Gasteiger partial charge is 0.130 e. The van der Waals surface area contributed by atoms with Crippen molar-refractivity contribution in [3.8, 4) is 0 Å². The molecular weight excluding hydrogens is 256 g/mol. The van der Waals surface area contributed by atoms with E-state index < -0.39 is 0 Å². The minimum absolute atomic E-state index is 0.0859. The third kappa shape index (κ3) is 6.59. The molecule has 0 saturated carbocycles. The van der Waals surface area contributed by atoms with Gasteiger partial charge >= 0.3 is 0 Å². The SMILES string of the molecule is CC.CC.Cc1ccc(COCc2ccc(CO)o2)o1. The van der Waals surface area contributed by atoms with Gasteiger partial charge in [0.1, 0.15) is 42.9 Å². The van der Waals surface area contributed by atoms with Crippen LogP contribution in [-0.2, 0) is 24.6 Å². The summed E-state index contributed by atoms with van der Waals surface area (Å²) in [5.41, 5.74) is 0. The molecule has 0 aromatic carbocycles. The third-order valence-electron chi connectivity index (χ3n) is 2.16. The summed E-state index contributed by atoms with van der Waals surface area (Å²) in [5, 5.41) is 8.81. The van der Waals surface area contributed by atoms with Gasteiger partial charge in [-0.15, -0.1) is 0 Å². The van der Waals surface area contributed by atoms with Crippen molar-refractivity contribution in [1.29, 1.82) is 0 Å². The number of hydrogen-bond donors (Lipinski definition) is 1. The molecule has 0 aliphatic heterocycles. The second-order valence-electron chi connectivity index (χ2n) is 3.53. The lowest BCUT2D eigenvalue weighted by atomic mass is 10.4. The van der Waals surface area contributed by atoms with Gasteiger partial charge < -0.3 is 18.7 Å². The number of furan rings is 2. The Morgan fingerprint density at radius 3 is 1.80 bits per heavy atom. The van der Waals surface area contributed by atoms with Crippen molar-refractivity contribution >= 4 is 0 Å². The monoisotopic (exact) mass is 282 g/mol. The van der Waals surface area contributed by atoms with E-state index >= 15 is 0 Å². The quantitative estimate of drug-likeness (QED) is 0.880. The zero-order valence-electron chi connectivity index (χ0n) is 13.1. The van der Waals surface area contributed by atoms with E-state index in [9.17, 15) is 0 Å². The Kier molecular flexibility index (Phi) is 10.5. The molecule has 0 atom stereocenters. The van der Waals surface area contributed by atoms with Crippen molar-refractivity contribution in [2.24, 2.45) is 0 Å². The molecular formula is C16H26O4. The average molecular weight is 282 g/mol. The number of aliphatic hydroxyl groups is 1. The summed E-state index contributed by atoms with van der Waals surface area (Å²) < 4.78 is 16.0. The van der Waals surface area contributed by atoms with Crippen molar-refractivity contribution in [1.82, 2.24) is 0 Å². The van der Waals surface area contributed by atoms with Gasteiger partial charge in [0.05, 0.1) is 0 Å². The largest absolute Gasteiger partial charge is 0.464 e. The first-order valence-electron chi connectivity index (χ1n) is 7.09. The van der Waals surface area contributed by atoms with Gasteiger partial charge in [0.25, 0.3) is 0 Å². The van der Waals surface area contributed by atoms with Crippen LogP contribution in [0.1, 0.15) is 50.7 Å². The van der Waals surface area contributed by atoms with E-state index in [1.807, 2.05) is 46.8 Å². The molecule has 0 saturated heterocycles. The lowest BCUT2D eigenvalue weighted by Gasteiger charge is -1.99. The molecule has 1 N–H and O–H groups in total. The summed E-state index contributed by atoms with van der Waals surface area (Å²) in [6.45, 7) is 10.6. The molecule has 0 spiro atoms. The maximum Gasteiger partial charge on any atom is 0.130 e. The fourth-order valence-electron chi connectivity index (χ4n) is 1.40. The summed E-state index contributed by atoms with van der Waals surface area (Å²) in [4.78, 5) is 0. The predicted octanol–water partition coefficient (Wildman–Crippen LogP) is 4.44. The van der Waals surface area contributed by atoms with E-state index in [2.05, 4.69) is 0 Å². The van der Waals surface area contributed by atoms with Gasteiger partial charge in [0, 0.05) is 0 Å². The molecule has 2 rings (SSSR count). The highest BCUT2D eigenvalue weighted by Gasteiger charge is 2.02. The lowest BCUT2D eigenvalue weighted by Crippen LogP contribution is -1.91. The van der Waals surface area contributed by atoms with Crippen LogP contribution in [0.15, 0.2) is 33.1 Å². The summed E-state index contributed by atoms with van der Waals surface area (Å²) in [6.07, 6.45) is 0. The normalized spacial score (nSPS) is 9.30. The summed E-state index contributed by atoms with van der Waals surface area (Å²) in [6, 6.07) is 7.31. The van der Waals surface area contributed by atoms with Gasteiger partial charge in [0.2, 0.25) is 0 Å². The zero-order chi connectivity index (χ0) is 15.4. The fraction of sp³-hybridized carbons (Fsp3) is 0.500. The first-order valence-corrected chi connectivity index (χ1v) is 7.09. The van der Waals surface area contributed by atoms with Crippen molar-refractivity contribution in [3.63, 3.8) is 0 Å². The minimum atomic E-state index is -0.0859. The molecule has 4 heteroatoms. The van der Waals surface area contributed by atoms with Crippen LogP contribution >= 0.6 is 0 Å². The number of hydrogen-bond acceptors (Lipinski definition) is 4. The Hall–Kier alpha value is -1.52. The molecule has 0 amide bonds. The van der Waals surface area contributed by atoms with Crippen LogP contribution in [0.5, 0.6) is 0 Å². The van der Waals surface area contributed by atoms with E-state index in [0.717, 1.165) is 11.5 Å². The molecule has 4 nitrogen and oxygen atoms in total. The first kappa shape index (κ1) is 18.5. The van der Waals surface area contributed by atoms with Crippen LogP contribution in [0.25, 0.3) is 0 Å². The molecule has 2 heterocycles. The van der Waals surface area contributed by atoms with Crippen LogP contribution in [0, 0.1) is 6.92 Å².